The molecule has 4 aromatic carbocycles. The summed E-state index contributed by atoms with van der Waals surface area (Å²) in [6.45, 7) is 15.8. The Hall–Kier alpha value is -4.86. The van der Waals surface area contributed by atoms with E-state index in [9.17, 15) is 35.8 Å². The maximum Gasteiger partial charge on any atom is 0.279 e. The lowest BCUT2D eigenvalue weighted by molar-refractivity contribution is -0.113. The van der Waals surface area contributed by atoms with Crippen molar-refractivity contribution in [3.8, 4) is 10.6 Å². The Morgan fingerprint density at radius 1 is 0.696 bits per heavy atom. The van der Waals surface area contributed by atoms with Gasteiger partial charge in [0.25, 0.3) is 5.91 Å². The Morgan fingerprint density at radius 3 is 1.59 bits per heavy atom. The van der Waals surface area contributed by atoms with E-state index < -0.39 is 79.1 Å². The third kappa shape index (κ3) is 19.1. The molecule has 0 radical (unpaired) electrons. The van der Waals surface area contributed by atoms with E-state index >= 15 is 0 Å². The van der Waals surface area contributed by atoms with Crippen LogP contribution in [0.4, 0.5) is 11.4 Å². The molecular weight excluding hydrogens is 957 g/mol. The number of hydrogen-bond donors (Lipinski definition) is 8. The number of carbonyl (C=O) groups is 1. The highest BCUT2D eigenvalue weighted by Crippen LogP contribution is 2.36. The molecule has 5 rings (SSSR count). The van der Waals surface area contributed by atoms with Gasteiger partial charge in [-0.25, -0.2) is 21.8 Å². The van der Waals surface area contributed by atoms with Gasteiger partial charge in [-0.2, -0.15) is 5.11 Å². The highest BCUT2D eigenvalue weighted by atomic mass is 32.2. The molecule has 0 spiro atoms. The minimum atomic E-state index is -4.77. The van der Waals surface area contributed by atoms with Crippen LogP contribution >= 0.6 is 11.3 Å². The summed E-state index contributed by atoms with van der Waals surface area (Å²) in [6.07, 6.45) is -2.60. The first-order chi connectivity index (χ1) is 32.1. The number of allylic oxidation sites excluding steroid dienone is 1. The van der Waals surface area contributed by atoms with Crippen molar-refractivity contribution in [1.29, 1.82) is 0 Å². The van der Waals surface area contributed by atoms with Crippen molar-refractivity contribution in [2.75, 3.05) is 44.6 Å². The maximum absolute atomic E-state index is 13.0. The number of anilines is 1. The number of aliphatic hydroxyl groups is 7. The van der Waals surface area contributed by atoms with E-state index in [4.69, 9.17) is 30.6 Å². The van der Waals surface area contributed by atoms with Crippen LogP contribution in [0, 0.1) is 6.92 Å². The average Bonchev–Trinajstić information content (AvgIpc) is 3.63. The Kier molecular flexibility index (Phi) is 22.3. The van der Waals surface area contributed by atoms with Crippen LogP contribution in [0.3, 0.4) is 0 Å². The molecule has 384 valence electrons. The van der Waals surface area contributed by atoms with Crippen molar-refractivity contribution in [3.63, 3.8) is 0 Å². The van der Waals surface area contributed by atoms with E-state index in [-0.39, 0.29) is 23.5 Å². The number of benzene rings is 4. The van der Waals surface area contributed by atoms with Crippen LogP contribution in [0.5, 0.6) is 0 Å². The van der Waals surface area contributed by atoms with Crippen LogP contribution < -0.4 is 5.32 Å². The maximum atomic E-state index is 13.0. The van der Waals surface area contributed by atoms with Gasteiger partial charge in [0.1, 0.15) is 31.0 Å². The number of hydrogen-bond acceptors (Lipinski definition) is 20. The molecule has 1 heterocycles. The molecule has 0 saturated heterocycles. The average molecular weight is 1020 g/mol. The van der Waals surface area contributed by atoms with E-state index in [1.807, 2.05) is 9.80 Å². The molecule has 0 aliphatic rings. The molecule has 6 unspecified atom stereocenters. The number of aryl methyl sites for hydroxylation is 1. The molecule has 6 atom stereocenters. The standard InChI is InChI=1S/C28H22N4O8S3.2C9H21NO3.2H2/c1-15-9-14-22-25(26(15)43(38,39)40)41-28(30-22)17-10-12-18(13-11-17)31-32-24(16(2)33)27(34)29-21-7-3-6-20-19(21)5-4-8-23(20)42(35,36)37;2*1-7(11)4-10(5-8(2)12)6-9(3)13;;/h3-14,33H,1-2H3,(H,29,34)(H,35,36,37)(H,38,39,40);2*7-9,11-13H,4-6H2,1-3H3;2*1H/p-2/b24-16+,32-31?;;;;. The Balaban J connectivity index is 0.000000743. The van der Waals surface area contributed by atoms with Gasteiger partial charge in [0.05, 0.1) is 62.3 Å². The van der Waals surface area contributed by atoms with E-state index in [1.54, 1.807) is 78.8 Å². The SMILES string of the molecule is C/C(O)=C(\N=Nc1ccc(-c2nc3ccc(C)c(S(=O)(=O)[O-])c3s2)cc1)C(=O)Nc1cccc2c(S(=O)(=O)[O-])cccc12.CC(O)CN(CC(C)O)CC(C)O.CC(O)CN(CC(C)O)CC(C)O.[HH].[HH]. The second kappa shape index (κ2) is 26.4. The largest absolute Gasteiger partial charge is 0.744 e. The van der Waals surface area contributed by atoms with E-state index in [0.717, 1.165) is 11.3 Å². The van der Waals surface area contributed by atoms with Crippen LogP contribution in [-0.4, -0.2) is 158 Å². The first kappa shape index (κ1) is 58.5. The van der Waals surface area contributed by atoms with Gasteiger partial charge >= 0.3 is 0 Å². The van der Waals surface area contributed by atoms with Gasteiger partial charge in [0.15, 0.2) is 5.70 Å². The number of nitrogens with zero attached hydrogens (tertiary/aromatic N) is 5. The number of aromatic nitrogens is 1. The number of rotatable bonds is 19. The molecule has 0 saturated carbocycles. The normalized spacial score (nSPS) is 15.2. The monoisotopic (exact) mass is 1020 g/mol. The van der Waals surface area contributed by atoms with Gasteiger partial charge in [-0.05, 0) is 103 Å². The van der Waals surface area contributed by atoms with Crippen LogP contribution in [0.25, 0.3) is 31.6 Å². The van der Waals surface area contributed by atoms with Crippen molar-refractivity contribution in [1.82, 2.24) is 14.8 Å². The third-order valence-electron chi connectivity index (χ3n) is 9.43. The Labute approximate surface area is 409 Å². The molecular formula is C46H66N6O14S3-2. The molecule has 0 fully saturated rings. The molecule has 23 heteroatoms. The van der Waals surface area contributed by atoms with Gasteiger partial charge < -0.3 is 50.2 Å². The smallest absolute Gasteiger partial charge is 0.279 e. The highest BCUT2D eigenvalue weighted by molar-refractivity contribution is 7.86. The highest BCUT2D eigenvalue weighted by Gasteiger charge is 2.19. The van der Waals surface area contributed by atoms with Crippen molar-refractivity contribution in [2.24, 2.45) is 10.2 Å². The van der Waals surface area contributed by atoms with Gasteiger partial charge in [-0.3, -0.25) is 14.6 Å². The molecule has 5 aromatic rings. The van der Waals surface area contributed by atoms with Crippen molar-refractivity contribution in [2.45, 2.75) is 102 Å². The van der Waals surface area contributed by atoms with Gasteiger partial charge in [0.2, 0.25) is 0 Å². The lowest BCUT2D eigenvalue weighted by atomic mass is 10.1. The fourth-order valence-electron chi connectivity index (χ4n) is 7.04. The van der Waals surface area contributed by atoms with E-state index in [1.165, 1.54) is 49.4 Å². The molecule has 0 aliphatic heterocycles. The molecule has 0 bridgehead atoms. The summed E-state index contributed by atoms with van der Waals surface area (Å²) in [7, 11) is -9.47. The number of azo groups is 1. The minimum absolute atomic E-state index is 0. The summed E-state index contributed by atoms with van der Waals surface area (Å²) < 4.78 is 70.7. The molecule has 20 nitrogen and oxygen atoms in total. The summed E-state index contributed by atoms with van der Waals surface area (Å²) in [5, 5.41) is 76.4. The van der Waals surface area contributed by atoms with E-state index in [0.29, 0.717) is 72.0 Å². The first-order valence-electron chi connectivity index (χ1n) is 21.7. The van der Waals surface area contributed by atoms with Crippen LogP contribution in [-0.2, 0) is 25.0 Å². The fourth-order valence-corrected chi connectivity index (χ4v) is 10.0. The third-order valence-corrected chi connectivity index (χ3v) is 12.6. The molecule has 1 aromatic heterocycles. The number of aliphatic hydroxyl groups excluding tert-OH is 7. The summed E-state index contributed by atoms with van der Waals surface area (Å²) in [4.78, 5) is 20.4. The van der Waals surface area contributed by atoms with Crippen LogP contribution in [0.15, 0.2) is 104 Å². The predicted octanol–water partition coefficient (Wildman–Crippen LogP) is 5.10. The number of amides is 1. The predicted molar refractivity (Wildman–Crippen MR) is 265 cm³/mol. The zero-order valence-electron chi connectivity index (χ0n) is 39.6. The fraction of sp³-hybridized carbons (Fsp3) is 0.435. The second-order valence-corrected chi connectivity index (χ2v) is 20.5. The zero-order chi connectivity index (χ0) is 52.0. The number of fused-ring (bicyclic) bond motifs is 2. The first-order valence-corrected chi connectivity index (χ1v) is 25.3. The van der Waals surface area contributed by atoms with Gasteiger partial charge in [-0.1, -0.05) is 30.3 Å². The molecule has 8 N–H and O–H groups in total. The van der Waals surface area contributed by atoms with Crippen LogP contribution in [0.1, 0.15) is 56.9 Å². The van der Waals surface area contributed by atoms with Gasteiger partial charge in [0, 0.05) is 64.1 Å². The van der Waals surface area contributed by atoms with E-state index in [2.05, 4.69) is 20.5 Å². The Bertz CT molecular complexity index is 2690. The molecule has 0 aliphatic carbocycles. The Morgan fingerprint density at radius 2 is 1.16 bits per heavy atom. The molecule has 1 amide bonds. The molecule has 69 heavy (non-hydrogen) atoms. The van der Waals surface area contributed by atoms with Gasteiger partial charge in [-0.15, -0.1) is 16.5 Å². The number of carbonyl (C=O) groups excluding carboxylic acids is 1. The summed E-state index contributed by atoms with van der Waals surface area (Å²) in [5.41, 5.74) is 1.41. The van der Waals surface area contributed by atoms with Crippen molar-refractivity contribution in [3.05, 3.63) is 89.8 Å². The number of nitrogens with one attached hydrogen (secondary N) is 1. The summed E-state index contributed by atoms with van der Waals surface area (Å²) >= 11 is 1.07. The van der Waals surface area contributed by atoms with Crippen molar-refractivity contribution >= 4 is 69.8 Å². The van der Waals surface area contributed by atoms with Crippen molar-refractivity contribution < 1.29 is 69.3 Å². The second-order valence-electron chi connectivity index (χ2n) is 16.8. The minimum Gasteiger partial charge on any atom is -0.744 e. The lowest BCUT2D eigenvalue weighted by Gasteiger charge is -2.26. The topological polar surface area (TPSA) is 329 Å². The summed E-state index contributed by atoms with van der Waals surface area (Å²) in [5.74, 6) is -1.27. The zero-order valence-corrected chi connectivity index (χ0v) is 42.0. The lowest BCUT2D eigenvalue weighted by Crippen LogP contribution is -2.40. The van der Waals surface area contributed by atoms with Crippen LogP contribution in [0.2, 0.25) is 0 Å². The quantitative estimate of drug-likeness (QED) is 0.0231. The summed E-state index contributed by atoms with van der Waals surface area (Å²) in [6, 6.07) is 18.1. The number of thiazole rings is 1.